The highest BCUT2D eigenvalue weighted by Crippen LogP contribution is 2.29. The second-order valence-electron chi connectivity index (χ2n) is 9.62. The quantitative estimate of drug-likeness (QED) is 0.304. The number of anilines is 1. The van der Waals surface area contributed by atoms with Gasteiger partial charge in [-0.3, -0.25) is 14.9 Å². The van der Waals surface area contributed by atoms with E-state index in [4.69, 9.17) is 9.57 Å². The minimum absolute atomic E-state index is 0.0630. The fraction of sp³-hybridized carbons (Fsp3) is 0.286. The Balaban J connectivity index is 1.03. The van der Waals surface area contributed by atoms with E-state index in [2.05, 4.69) is 30.8 Å². The number of benzene rings is 1. The Labute approximate surface area is 229 Å². The zero-order chi connectivity index (χ0) is 27.3. The summed E-state index contributed by atoms with van der Waals surface area (Å²) in [6.07, 6.45) is 9.02. The number of rotatable bonds is 10. The van der Waals surface area contributed by atoms with E-state index in [0.29, 0.717) is 48.6 Å². The summed E-state index contributed by atoms with van der Waals surface area (Å²) in [7, 11) is 0. The molecule has 0 spiro atoms. The Morgan fingerprint density at radius 3 is 2.75 bits per heavy atom. The summed E-state index contributed by atoms with van der Waals surface area (Å²) in [6, 6.07) is 12.3. The Morgan fingerprint density at radius 2 is 1.98 bits per heavy atom. The molecule has 0 bridgehead atoms. The predicted octanol–water partition coefficient (Wildman–Crippen LogP) is 3.22. The number of amides is 1. The van der Waals surface area contributed by atoms with Crippen LogP contribution in [0.5, 0.6) is 0 Å². The normalized spacial score (nSPS) is 18.5. The smallest absolute Gasteiger partial charge is 0.414 e. The third-order valence-electron chi connectivity index (χ3n) is 6.82. The van der Waals surface area contributed by atoms with Crippen molar-refractivity contribution in [1.29, 1.82) is 0 Å². The topological polar surface area (TPSA) is 120 Å². The van der Waals surface area contributed by atoms with Gasteiger partial charge < -0.3 is 14.9 Å². The highest BCUT2D eigenvalue weighted by Gasteiger charge is 2.33. The highest BCUT2D eigenvalue weighted by atomic mass is 19.1. The molecule has 1 amide bonds. The molecule has 0 aliphatic carbocycles. The van der Waals surface area contributed by atoms with E-state index in [1.54, 1.807) is 47.8 Å². The number of halogens is 1. The lowest BCUT2D eigenvalue weighted by Crippen LogP contribution is -2.28. The van der Waals surface area contributed by atoms with E-state index in [0.717, 1.165) is 18.7 Å². The van der Waals surface area contributed by atoms with Crippen molar-refractivity contribution in [2.45, 2.75) is 31.6 Å². The maximum absolute atomic E-state index is 15.1. The fourth-order valence-electron chi connectivity index (χ4n) is 4.73. The van der Waals surface area contributed by atoms with Gasteiger partial charge in [0.15, 0.2) is 0 Å². The van der Waals surface area contributed by atoms with Crippen LogP contribution in [-0.2, 0) is 22.5 Å². The first-order valence-electron chi connectivity index (χ1n) is 13.0. The maximum atomic E-state index is 15.1. The van der Waals surface area contributed by atoms with E-state index in [1.165, 1.54) is 16.5 Å². The number of aromatic nitrogens is 5. The summed E-state index contributed by atoms with van der Waals surface area (Å²) in [5.41, 5.74) is 4.11. The Hall–Kier alpha value is -4.71. The average Bonchev–Trinajstić information content (AvgIpc) is 3.74. The second kappa shape index (κ2) is 11.6. The molecule has 3 aromatic heterocycles. The molecule has 5 heterocycles. The minimum atomic E-state index is -0.523. The lowest BCUT2D eigenvalue weighted by molar-refractivity contribution is 0.0853. The summed E-state index contributed by atoms with van der Waals surface area (Å²) in [6.45, 7) is 2.18. The van der Waals surface area contributed by atoms with Gasteiger partial charge >= 0.3 is 6.09 Å². The number of nitrogens with one attached hydrogen (secondary N) is 1. The largest absolute Gasteiger partial charge is 0.442 e. The van der Waals surface area contributed by atoms with Crippen LogP contribution in [0.25, 0.3) is 11.1 Å². The van der Waals surface area contributed by atoms with Crippen molar-refractivity contribution >= 4 is 17.5 Å². The average molecular weight is 543 g/mol. The van der Waals surface area contributed by atoms with Gasteiger partial charge in [-0.1, -0.05) is 16.4 Å². The molecule has 4 aromatic rings. The van der Waals surface area contributed by atoms with Crippen molar-refractivity contribution in [2.24, 2.45) is 5.16 Å². The molecule has 11 nitrogen and oxygen atoms in total. The van der Waals surface area contributed by atoms with Gasteiger partial charge in [0, 0.05) is 48.9 Å². The zero-order valence-corrected chi connectivity index (χ0v) is 21.6. The van der Waals surface area contributed by atoms with E-state index in [-0.39, 0.29) is 6.10 Å². The number of oxime groups is 1. The number of nitrogens with zero attached hydrogens (tertiary/aromatic N) is 7. The number of carbonyl (C=O) groups excluding carboxylic acids is 1. The van der Waals surface area contributed by atoms with Crippen LogP contribution in [0.15, 0.2) is 78.6 Å². The van der Waals surface area contributed by atoms with Gasteiger partial charge in [-0.05, 0) is 54.9 Å². The third-order valence-corrected chi connectivity index (χ3v) is 6.82. The molecule has 0 saturated carbocycles. The molecule has 204 valence electrons. The van der Waals surface area contributed by atoms with Crippen molar-refractivity contribution in [3.8, 4) is 11.1 Å². The summed E-state index contributed by atoms with van der Waals surface area (Å²) in [4.78, 5) is 27.9. The van der Waals surface area contributed by atoms with Crippen molar-refractivity contribution in [2.75, 3.05) is 24.5 Å². The van der Waals surface area contributed by atoms with Crippen LogP contribution in [0.3, 0.4) is 0 Å². The molecule has 1 N–H and O–H groups in total. The van der Waals surface area contributed by atoms with Gasteiger partial charge in [0.1, 0.15) is 23.7 Å². The van der Waals surface area contributed by atoms with Crippen molar-refractivity contribution in [3.05, 3.63) is 90.5 Å². The molecule has 1 unspecified atom stereocenters. The van der Waals surface area contributed by atoms with Crippen molar-refractivity contribution in [1.82, 2.24) is 30.3 Å². The van der Waals surface area contributed by atoms with Gasteiger partial charge in [0.05, 0.1) is 30.7 Å². The van der Waals surface area contributed by atoms with Crippen LogP contribution < -0.4 is 10.2 Å². The molecule has 2 aliphatic heterocycles. The van der Waals surface area contributed by atoms with Crippen LogP contribution >= 0.6 is 0 Å². The number of pyridine rings is 2. The van der Waals surface area contributed by atoms with E-state index in [9.17, 15) is 4.79 Å². The third kappa shape index (κ3) is 5.81. The first kappa shape index (κ1) is 25.6. The molecule has 0 radical (unpaired) electrons. The first-order valence-corrected chi connectivity index (χ1v) is 13.0. The van der Waals surface area contributed by atoms with Crippen LogP contribution in [0.4, 0.5) is 14.9 Å². The lowest BCUT2D eigenvalue weighted by atomic mass is 10.0. The van der Waals surface area contributed by atoms with Crippen LogP contribution in [0, 0.1) is 5.82 Å². The number of hydrogen-bond donors (Lipinski definition) is 1. The summed E-state index contributed by atoms with van der Waals surface area (Å²) in [5, 5.41) is 15.3. The predicted molar refractivity (Wildman–Crippen MR) is 144 cm³/mol. The highest BCUT2D eigenvalue weighted by molar-refractivity contribution is 5.99. The van der Waals surface area contributed by atoms with Crippen molar-refractivity contribution < 1.29 is 18.8 Å². The summed E-state index contributed by atoms with van der Waals surface area (Å²) < 4.78 is 22.1. The molecule has 1 saturated heterocycles. The second-order valence-corrected chi connectivity index (χ2v) is 9.62. The molecule has 1 fully saturated rings. The number of ether oxygens (including phenoxy) is 1. The maximum Gasteiger partial charge on any atom is 0.414 e. The van der Waals surface area contributed by atoms with Crippen LogP contribution in [0.2, 0.25) is 0 Å². The molecule has 6 rings (SSSR count). The van der Waals surface area contributed by atoms with Gasteiger partial charge in [0.25, 0.3) is 0 Å². The Bertz CT molecular complexity index is 1480. The molecule has 1 aromatic carbocycles. The lowest BCUT2D eigenvalue weighted by Gasteiger charge is -2.14. The molecule has 2 atom stereocenters. The SMILES string of the molecule is O=C1O[C@@H](Cn2ccnn2)CN1c1ccc(-c2ccc(C3=NOC(CNCCc4ccncc4)C3)nc2)c(F)c1. The van der Waals surface area contributed by atoms with E-state index in [1.807, 2.05) is 24.3 Å². The monoisotopic (exact) mass is 542 g/mol. The number of hydrogen-bond acceptors (Lipinski definition) is 9. The molecule has 2 aliphatic rings. The zero-order valence-electron chi connectivity index (χ0n) is 21.6. The number of carbonyl (C=O) groups is 1. The molecular formula is C28H27FN8O3. The van der Waals surface area contributed by atoms with Gasteiger partial charge in [-0.2, -0.15) is 0 Å². The number of cyclic esters (lactones) is 1. The van der Waals surface area contributed by atoms with Crippen LogP contribution in [-0.4, -0.2) is 68.6 Å². The van der Waals surface area contributed by atoms with Gasteiger partial charge in [0.2, 0.25) is 0 Å². The summed E-state index contributed by atoms with van der Waals surface area (Å²) in [5.74, 6) is -0.459. The Morgan fingerprint density at radius 1 is 1.07 bits per heavy atom. The van der Waals surface area contributed by atoms with Gasteiger partial charge in [-0.25, -0.2) is 13.9 Å². The van der Waals surface area contributed by atoms with E-state index < -0.39 is 18.0 Å². The molecule has 12 heteroatoms. The first-order chi connectivity index (χ1) is 19.6. The van der Waals surface area contributed by atoms with Gasteiger partial charge in [-0.15, -0.1) is 5.10 Å². The standard InChI is InChI=1S/C28H27FN8O3/c29-25-13-21(37-18-23(39-28(37)38)17-36-12-11-33-35-36)2-3-24(25)20-1-4-26(32-15-20)27-14-22(40-34-27)16-31-10-7-19-5-8-30-9-6-19/h1-6,8-9,11-13,15,22-23,31H,7,10,14,16-18H2/t22?,23-/m0/s1. The Kier molecular flexibility index (Phi) is 7.40. The molecule has 40 heavy (non-hydrogen) atoms. The van der Waals surface area contributed by atoms with Crippen molar-refractivity contribution in [3.63, 3.8) is 0 Å². The molecular weight excluding hydrogens is 515 g/mol. The van der Waals surface area contributed by atoms with E-state index >= 15 is 4.39 Å². The van der Waals surface area contributed by atoms with Crippen LogP contribution in [0.1, 0.15) is 17.7 Å². The summed E-state index contributed by atoms with van der Waals surface area (Å²) >= 11 is 0. The minimum Gasteiger partial charge on any atom is -0.442 e. The fourth-order valence-corrected chi connectivity index (χ4v) is 4.73.